The molecule has 0 bridgehead atoms. The van der Waals surface area contributed by atoms with Crippen LogP contribution in [0.1, 0.15) is 120 Å². The van der Waals surface area contributed by atoms with Gasteiger partial charge in [-0.1, -0.05) is 73.1 Å². The molecule has 16 unspecified atom stereocenters. The molecule has 1 aliphatic carbocycles. The van der Waals surface area contributed by atoms with Crippen LogP contribution in [0, 0.1) is 5.41 Å². The molecular formula is C65H106N5O30P. The molecule has 101 heavy (non-hydrogen) atoms. The lowest BCUT2D eigenvalue weighted by atomic mass is 9.85. The van der Waals surface area contributed by atoms with Crippen molar-refractivity contribution in [1.82, 2.24) is 5.32 Å². The number of rotatable bonds is 34. The molecule has 5 fully saturated rings. The molecule has 0 radical (unpaired) electrons. The van der Waals surface area contributed by atoms with E-state index in [2.05, 4.69) is 70.8 Å². The summed E-state index contributed by atoms with van der Waals surface area (Å²) in [5.74, 6) is -3.76. The maximum Gasteiger partial charge on any atom is 0.474 e. The zero-order chi connectivity index (χ0) is 75.3. The minimum Gasteiger partial charge on any atom is -0.510 e. The van der Waals surface area contributed by atoms with Gasteiger partial charge >= 0.3 is 13.9 Å². The van der Waals surface area contributed by atoms with Gasteiger partial charge in [0.05, 0.1) is 50.7 Å². The molecule has 576 valence electrons. The summed E-state index contributed by atoms with van der Waals surface area (Å²) < 4.78 is 88.7. The van der Waals surface area contributed by atoms with E-state index in [1.165, 1.54) is 30.6 Å². The van der Waals surface area contributed by atoms with Crippen LogP contribution in [-0.2, 0) is 80.1 Å². The van der Waals surface area contributed by atoms with Crippen molar-refractivity contribution in [2.45, 2.75) is 279 Å². The standard InChI is InChI=1S/C65H106N5O30P/c1-29(2)14-13-16-30(3)17-18-32(5)21-24-64(8,9)23-12-11-15-31(4)22-25-88-33(6)27-90-101(86,87)100-62-53(54(99-63(69)84)65(10,85)55(98-62)56(68)82)97-59-40(67)44(76)51(38(93-59)28-89-60-48(80)45(77)42(74)37(26-71)92-60)95-58-39(66)43(75)50(34(7)91-58)94-61-49(81)46(78)47(79)52(96-61)57(83)70-41-35(72)19-20-36(41)73/h12,14,17,22-23,33-34,37-40,42-55,58-62,71-72,74-81,85H,5,11,13,15-16,18-21,24-28,66-67H2,1-4,6-10H3,(H2,68,82)(H2,69,84)(H,70,83)(H,86,87)/b23-12+,30-17+,31-22-/t33-,34?,37?,38?,39?,40?,42+,43?,44?,45?,46?,47+,48?,49?,50+,51+,52?,53?,54?,55?,58-,59-,60+,61+,62+,65-/m0/s1. The topological polar surface area (TPSA) is 564 Å². The number of phosphoric acid groups is 1. The van der Waals surface area contributed by atoms with E-state index in [1.54, 1.807) is 0 Å². The van der Waals surface area contributed by atoms with Gasteiger partial charge in [0.1, 0.15) is 90.3 Å². The van der Waals surface area contributed by atoms with Crippen molar-refractivity contribution in [2.75, 3.05) is 26.4 Å². The van der Waals surface area contributed by atoms with E-state index in [0.29, 0.717) is 6.42 Å². The van der Waals surface area contributed by atoms with E-state index in [1.807, 2.05) is 13.0 Å². The average Bonchev–Trinajstić information content (AvgIpc) is 1.07. The molecule has 6 rings (SSSR count). The fourth-order valence-corrected chi connectivity index (χ4v) is 12.8. The van der Waals surface area contributed by atoms with Gasteiger partial charge < -0.3 is 141 Å². The van der Waals surface area contributed by atoms with Crippen molar-refractivity contribution in [1.29, 1.82) is 0 Å². The van der Waals surface area contributed by atoms with Gasteiger partial charge in [0.25, 0.3) is 5.91 Å². The number of aliphatic hydroxyl groups excluding tert-OH is 10. The third-order valence-electron chi connectivity index (χ3n) is 18.2. The summed E-state index contributed by atoms with van der Waals surface area (Å²) in [6.07, 6.45) is -29.7. The van der Waals surface area contributed by atoms with E-state index in [-0.39, 0.29) is 24.9 Å². The number of allylic oxidation sites excluding steroid dienone is 10. The minimum absolute atomic E-state index is 0.0585. The lowest BCUT2D eigenvalue weighted by molar-refractivity contribution is -0.373. The molecule has 0 aromatic rings. The summed E-state index contributed by atoms with van der Waals surface area (Å²) >= 11 is 0. The molecule has 5 heterocycles. The number of aliphatic hydroxyl groups is 11. The Bertz CT molecular complexity index is 3000. The number of Topliss-reactive ketones (excluding diaryl/α,β-unsaturated/α-hetero) is 1. The Morgan fingerprint density at radius 1 is 0.752 bits per heavy atom. The van der Waals surface area contributed by atoms with Gasteiger partial charge in [0.2, 0.25) is 5.91 Å². The molecule has 36 heteroatoms. The van der Waals surface area contributed by atoms with E-state index in [4.69, 9.17) is 84.1 Å². The number of hydrogen-bond acceptors (Lipinski definition) is 31. The molecule has 27 atom stereocenters. The summed E-state index contributed by atoms with van der Waals surface area (Å²) in [5.41, 5.74) is 25.7. The SMILES string of the molecule is C=C(C/C=C(\C)CCC=C(C)C)CCC(C)(C)/C=C/CC/C(C)=C\CO[C@@H](C)COP(=O)(O)O[C@H]1OC(C(N)=O)[C@@](C)(O)C(OC(N)=O)C1O[C@@H]1OC(CO[C@@H]2OC(CO)[C@@H](O)C(O)C2O)[C@@H](O[C@@H]2OC(C)[C@@H](O[C@@H]3OC(C(=O)NC4=C(O)CCC4=O)[C@H](O)C(O)C3O)C(O)C2N)C(O)C1N. The lowest BCUT2D eigenvalue weighted by Crippen LogP contribution is -2.72. The van der Waals surface area contributed by atoms with Crippen LogP contribution in [0.2, 0.25) is 0 Å². The van der Waals surface area contributed by atoms with Crippen molar-refractivity contribution in [3.63, 3.8) is 0 Å². The van der Waals surface area contributed by atoms with E-state index in [0.717, 1.165) is 51.0 Å². The normalized spacial score (nSPS) is 37.7. The minimum atomic E-state index is -5.46. The Kier molecular flexibility index (Phi) is 31.7. The van der Waals surface area contributed by atoms with Crippen molar-refractivity contribution < 1.29 is 146 Å². The Hall–Kier alpha value is -4.65. The predicted octanol–water partition coefficient (Wildman–Crippen LogP) is -1.45. The Morgan fingerprint density at radius 2 is 1.35 bits per heavy atom. The first kappa shape index (κ1) is 85.3. The van der Waals surface area contributed by atoms with E-state index >= 15 is 0 Å². The second kappa shape index (κ2) is 37.5. The van der Waals surface area contributed by atoms with Crippen LogP contribution in [0.4, 0.5) is 4.79 Å². The number of ketones is 1. The second-order valence-electron chi connectivity index (χ2n) is 27.5. The molecule has 5 saturated heterocycles. The second-order valence-corrected chi connectivity index (χ2v) is 28.9. The smallest absolute Gasteiger partial charge is 0.474 e. The van der Waals surface area contributed by atoms with Crippen molar-refractivity contribution in [3.05, 3.63) is 70.7 Å². The number of nitrogens with two attached hydrogens (primary N) is 4. The number of carbonyl (C=O) groups excluding carboxylic acids is 4. The van der Waals surface area contributed by atoms with Gasteiger partial charge in [-0.05, 0) is 98.8 Å². The zero-order valence-electron chi connectivity index (χ0n) is 58.2. The lowest BCUT2D eigenvalue weighted by Gasteiger charge is -2.51. The van der Waals surface area contributed by atoms with Crippen LogP contribution in [0.5, 0.6) is 0 Å². The van der Waals surface area contributed by atoms with Crippen LogP contribution in [0.15, 0.2) is 70.7 Å². The van der Waals surface area contributed by atoms with Crippen LogP contribution in [-0.4, -0.2) is 270 Å². The first-order valence-electron chi connectivity index (χ1n) is 33.4. The molecule has 35 nitrogen and oxygen atoms in total. The van der Waals surface area contributed by atoms with Gasteiger partial charge in [0, 0.05) is 12.8 Å². The zero-order valence-corrected chi connectivity index (χ0v) is 59.1. The van der Waals surface area contributed by atoms with Crippen molar-refractivity contribution in [3.8, 4) is 0 Å². The van der Waals surface area contributed by atoms with Gasteiger partial charge in [0.15, 0.2) is 61.6 Å². The largest absolute Gasteiger partial charge is 0.510 e. The molecule has 5 aliphatic heterocycles. The van der Waals surface area contributed by atoms with Crippen molar-refractivity contribution >= 4 is 31.5 Å². The molecule has 0 aromatic carbocycles. The summed E-state index contributed by atoms with van der Waals surface area (Å²) in [4.78, 5) is 62.3. The number of primary amides is 2. The number of hydrogen-bond donors (Lipinski definition) is 17. The predicted molar refractivity (Wildman–Crippen MR) is 351 cm³/mol. The van der Waals surface area contributed by atoms with Crippen LogP contribution >= 0.6 is 7.82 Å². The Balaban J connectivity index is 1.15. The number of nitrogens with one attached hydrogen (secondary N) is 1. The van der Waals surface area contributed by atoms with Gasteiger partial charge in [-0.15, -0.1) is 0 Å². The highest BCUT2D eigenvalue weighted by Gasteiger charge is 2.62. The van der Waals surface area contributed by atoms with E-state index in [9.17, 15) is 84.8 Å². The van der Waals surface area contributed by atoms with Crippen LogP contribution in [0.3, 0.4) is 0 Å². The first-order valence-corrected chi connectivity index (χ1v) is 34.9. The number of carbonyl (C=O) groups is 4. The highest BCUT2D eigenvalue weighted by Crippen LogP contribution is 2.49. The fourth-order valence-electron chi connectivity index (χ4n) is 11.9. The molecule has 3 amide bonds. The Morgan fingerprint density at radius 3 is 1.97 bits per heavy atom. The highest BCUT2D eigenvalue weighted by atomic mass is 31.2. The Labute approximate surface area is 585 Å². The average molecular weight is 1470 g/mol. The van der Waals surface area contributed by atoms with Crippen LogP contribution in [0.25, 0.3) is 0 Å². The maximum absolute atomic E-state index is 13.9. The number of ether oxygens (including phenoxy) is 11. The molecule has 0 spiro atoms. The molecule has 0 saturated carbocycles. The highest BCUT2D eigenvalue weighted by molar-refractivity contribution is 7.47. The van der Waals surface area contributed by atoms with Crippen molar-refractivity contribution in [2.24, 2.45) is 28.3 Å². The summed E-state index contributed by atoms with van der Waals surface area (Å²) in [6.45, 7) is 18.2. The fraction of sp³-hybridized carbons (Fsp3) is 0.754. The third kappa shape index (κ3) is 23.2. The maximum atomic E-state index is 13.9. The van der Waals surface area contributed by atoms with Crippen LogP contribution < -0.4 is 28.3 Å². The molecule has 0 aromatic heterocycles. The number of amides is 3. The quantitative estimate of drug-likeness (QED) is 0.0259. The molecule has 6 aliphatic rings. The molecule has 21 N–H and O–H groups in total. The summed E-state index contributed by atoms with van der Waals surface area (Å²) in [5, 5.41) is 122. The number of phosphoric ester groups is 1. The van der Waals surface area contributed by atoms with Gasteiger partial charge in [-0.3, -0.25) is 23.4 Å². The summed E-state index contributed by atoms with van der Waals surface area (Å²) in [6, 6.07) is -3.67. The first-order chi connectivity index (χ1) is 47.2. The molecular weight excluding hydrogens is 1360 g/mol. The monoisotopic (exact) mass is 1470 g/mol. The van der Waals surface area contributed by atoms with E-state index < -0.39 is 222 Å². The summed E-state index contributed by atoms with van der Waals surface area (Å²) in [7, 11) is -5.46. The van der Waals surface area contributed by atoms with Gasteiger partial charge in [-0.25, -0.2) is 9.36 Å². The third-order valence-corrected chi connectivity index (χ3v) is 19.1. The van der Waals surface area contributed by atoms with Gasteiger partial charge in [-0.2, -0.15) is 0 Å².